The zero-order valence-electron chi connectivity index (χ0n) is 25.9. The third kappa shape index (κ3) is 7.39. The van der Waals surface area contributed by atoms with E-state index in [0.717, 1.165) is 16.7 Å². The van der Waals surface area contributed by atoms with Gasteiger partial charge in [-0.1, -0.05) is 72.3 Å². The lowest BCUT2D eigenvalue weighted by atomic mass is 9.76. The molecule has 4 atom stereocenters. The van der Waals surface area contributed by atoms with Crippen molar-refractivity contribution in [2.75, 3.05) is 19.7 Å². The van der Waals surface area contributed by atoms with Gasteiger partial charge in [-0.25, -0.2) is 13.2 Å². The molecule has 2 saturated heterocycles. The van der Waals surface area contributed by atoms with Crippen molar-refractivity contribution in [2.45, 2.75) is 36.9 Å². The van der Waals surface area contributed by atoms with E-state index >= 15 is 0 Å². The molecular weight excluding hydrogens is 638 g/mol. The molecule has 0 unspecified atom stereocenters. The number of sulfonamides is 1. The molecule has 4 aromatic rings. The fourth-order valence-corrected chi connectivity index (χ4v) is 8.12. The van der Waals surface area contributed by atoms with Gasteiger partial charge in [-0.15, -0.1) is 0 Å². The summed E-state index contributed by atoms with van der Waals surface area (Å²) < 4.78 is 47.7. The van der Waals surface area contributed by atoms with Gasteiger partial charge in [0.1, 0.15) is 17.2 Å². The second kappa shape index (κ2) is 13.9. The SMILES string of the molecule is C=C(C)[C@@H]1C[C@H]2CN(S(=O)(=O)c3ccc(-c4ccccc4)cc3)CC[C@H]2O[C@H]1c1cc(Oc2cccc(Cl)c2)ccc1OCC(=O)O. The van der Waals surface area contributed by atoms with Crippen LogP contribution >= 0.6 is 11.6 Å². The predicted octanol–water partition coefficient (Wildman–Crippen LogP) is 8.00. The molecule has 2 aliphatic heterocycles. The van der Waals surface area contributed by atoms with Crippen LogP contribution in [0.1, 0.15) is 31.4 Å². The van der Waals surface area contributed by atoms with Gasteiger partial charge in [0.05, 0.1) is 17.1 Å². The number of carboxylic acids is 1. The van der Waals surface area contributed by atoms with E-state index in [0.29, 0.717) is 53.8 Å². The lowest BCUT2D eigenvalue weighted by Gasteiger charge is -2.47. The molecule has 1 N–H and O–H groups in total. The molecule has 0 aromatic heterocycles. The minimum atomic E-state index is -3.72. The number of benzene rings is 4. The number of hydrogen-bond acceptors (Lipinski definition) is 6. The van der Waals surface area contributed by atoms with Crippen LogP contribution in [-0.4, -0.2) is 49.6 Å². The first kappa shape index (κ1) is 32.8. The van der Waals surface area contributed by atoms with Crippen molar-refractivity contribution in [3.8, 4) is 28.4 Å². The van der Waals surface area contributed by atoms with Crippen LogP contribution in [0.15, 0.2) is 114 Å². The number of rotatable bonds is 10. The minimum absolute atomic E-state index is 0.0608. The van der Waals surface area contributed by atoms with Crippen LogP contribution in [0.3, 0.4) is 0 Å². The molecule has 6 rings (SSSR count). The van der Waals surface area contributed by atoms with Crippen LogP contribution in [0.5, 0.6) is 17.2 Å². The zero-order chi connectivity index (χ0) is 33.1. The van der Waals surface area contributed by atoms with Crippen LogP contribution in [-0.2, 0) is 19.6 Å². The molecule has 2 aliphatic rings. The normalized spacial score (nSPS) is 21.4. The number of nitrogens with zero attached hydrogens (tertiary/aromatic N) is 1. The molecule has 0 bridgehead atoms. The van der Waals surface area contributed by atoms with Crippen LogP contribution < -0.4 is 9.47 Å². The summed E-state index contributed by atoms with van der Waals surface area (Å²) in [5.74, 6) is 0.0911. The van der Waals surface area contributed by atoms with Gasteiger partial charge in [0.25, 0.3) is 0 Å². The van der Waals surface area contributed by atoms with Gasteiger partial charge in [-0.05, 0) is 85.3 Å². The fraction of sp³-hybridized carbons (Fsp3) is 0.270. The van der Waals surface area contributed by atoms with Crippen molar-refractivity contribution in [2.24, 2.45) is 11.8 Å². The van der Waals surface area contributed by atoms with Gasteiger partial charge in [0.2, 0.25) is 10.0 Å². The number of carbonyl (C=O) groups is 1. The molecule has 0 amide bonds. The molecule has 0 radical (unpaired) electrons. The number of carboxylic acid groups (broad SMARTS) is 1. The first-order valence-electron chi connectivity index (χ1n) is 15.5. The first-order chi connectivity index (χ1) is 22.6. The second-order valence-electron chi connectivity index (χ2n) is 12.0. The summed E-state index contributed by atoms with van der Waals surface area (Å²) >= 11 is 6.16. The van der Waals surface area contributed by atoms with E-state index in [4.69, 9.17) is 25.8 Å². The molecule has 0 saturated carbocycles. The van der Waals surface area contributed by atoms with Crippen molar-refractivity contribution < 1.29 is 32.5 Å². The van der Waals surface area contributed by atoms with Gasteiger partial charge in [0, 0.05) is 29.6 Å². The maximum absolute atomic E-state index is 13.8. The van der Waals surface area contributed by atoms with Gasteiger partial charge in [-0.3, -0.25) is 0 Å². The Kier molecular flexibility index (Phi) is 9.70. The highest BCUT2D eigenvalue weighted by Gasteiger charge is 2.45. The first-order valence-corrected chi connectivity index (χ1v) is 17.3. The Balaban J connectivity index is 1.23. The lowest BCUT2D eigenvalue weighted by Crippen LogP contribution is -2.50. The van der Waals surface area contributed by atoms with E-state index in [9.17, 15) is 18.3 Å². The van der Waals surface area contributed by atoms with E-state index < -0.39 is 28.7 Å². The Labute approximate surface area is 280 Å². The topological polar surface area (TPSA) is 102 Å². The largest absolute Gasteiger partial charge is 0.482 e. The molecular formula is C37H36ClNO7S. The standard InChI is InChI=1S/C37H36ClNO7S/c1-24(2)32-19-27-22-39(47(42,43)31-14-11-26(12-15-31)25-7-4-3-5-8-25)18-17-34(27)46-37(32)33-21-30(13-16-35(33)44-23-36(40)41)45-29-10-6-9-28(38)20-29/h3-16,20-21,27,32,34,37H,1,17-19,22-23H2,2H3,(H,40,41)/t27-,32-,34+,37+/m0/s1. The van der Waals surface area contributed by atoms with Crippen molar-refractivity contribution in [3.63, 3.8) is 0 Å². The summed E-state index contributed by atoms with van der Waals surface area (Å²) in [5, 5.41) is 9.86. The van der Waals surface area contributed by atoms with E-state index in [1.807, 2.05) is 49.4 Å². The van der Waals surface area contributed by atoms with E-state index in [-0.39, 0.29) is 22.8 Å². The molecule has 244 valence electrons. The van der Waals surface area contributed by atoms with Gasteiger partial charge in [0.15, 0.2) is 6.61 Å². The summed E-state index contributed by atoms with van der Waals surface area (Å²) in [6.07, 6.45) is 0.429. The molecule has 0 aliphatic carbocycles. The average molecular weight is 674 g/mol. The Morgan fingerprint density at radius 3 is 2.40 bits per heavy atom. The number of piperidine rings is 1. The third-order valence-electron chi connectivity index (χ3n) is 8.77. The Bertz CT molecular complexity index is 1860. The molecule has 47 heavy (non-hydrogen) atoms. The van der Waals surface area contributed by atoms with E-state index in [2.05, 4.69) is 6.58 Å². The number of ether oxygens (including phenoxy) is 3. The summed E-state index contributed by atoms with van der Waals surface area (Å²) in [6, 6.07) is 29.1. The zero-order valence-corrected chi connectivity index (χ0v) is 27.5. The Hall–Kier alpha value is -4.15. The average Bonchev–Trinajstić information content (AvgIpc) is 3.07. The summed E-state index contributed by atoms with van der Waals surface area (Å²) in [6.45, 7) is 6.30. The summed E-state index contributed by atoms with van der Waals surface area (Å²) in [7, 11) is -3.72. The molecule has 2 fully saturated rings. The Morgan fingerprint density at radius 1 is 0.979 bits per heavy atom. The number of hydrogen-bond donors (Lipinski definition) is 1. The maximum Gasteiger partial charge on any atom is 0.341 e. The maximum atomic E-state index is 13.8. The van der Waals surface area contributed by atoms with Gasteiger partial charge < -0.3 is 19.3 Å². The van der Waals surface area contributed by atoms with Crippen molar-refractivity contribution in [1.82, 2.24) is 4.31 Å². The fourth-order valence-electron chi connectivity index (χ4n) is 6.43. The van der Waals surface area contributed by atoms with Crippen molar-refractivity contribution in [3.05, 3.63) is 120 Å². The highest BCUT2D eigenvalue weighted by Crippen LogP contribution is 2.48. The Morgan fingerprint density at radius 2 is 1.70 bits per heavy atom. The summed E-state index contributed by atoms with van der Waals surface area (Å²) in [4.78, 5) is 11.7. The quantitative estimate of drug-likeness (QED) is 0.170. The summed E-state index contributed by atoms with van der Waals surface area (Å²) in [5.41, 5.74) is 3.49. The highest BCUT2D eigenvalue weighted by atomic mass is 35.5. The number of fused-ring (bicyclic) bond motifs is 1. The smallest absolute Gasteiger partial charge is 0.341 e. The second-order valence-corrected chi connectivity index (χ2v) is 14.4. The molecule has 0 spiro atoms. The highest BCUT2D eigenvalue weighted by molar-refractivity contribution is 7.89. The van der Waals surface area contributed by atoms with Gasteiger partial charge in [-0.2, -0.15) is 4.31 Å². The minimum Gasteiger partial charge on any atom is -0.482 e. The number of aliphatic carboxylic acids is 1. The van der Waals surface area contributed by atoms with Crippen molar-refractivity contribution >= 4 is 27.6 Å². The monoisotopic (exact) mass is 673 g/mol. The predicted molar refractivity (Wildman–Crippen MR) is 180 cm³/mol. The van der Waals surface area contributed by atoms with E-state index in [1.165, 1.54) is 0 Å². The van der Waals surface area contributed by atoms with Gasteiger partial charge >= 0.3 is 5.97 Å². The molecule has 2 heterocycles. The van der Waals surface area contributed by atoms with Crippen LogP contribution in [0.4, 0.5) is 0 Å². The molecule has 8 nitrogen and oxygen atoms in total. The van der Waals surface area contributed by atoms with E-state index in [1.54, 1.807) is 58.9 Å². The number of halogens is 1. The molecule has 10 heteroatoms. The van der Waals surface area contributed by atoms with Crippen LogP contribution in [0.2, 0.25) is 5.02 Å². The third-order valence-corrected chi connectivity index (χ3v) is 10.9. The lowest BCUT2D eigenvalue weighted by molar-refractivity contribution is -0.139. The van der Waals surface area contributed by atoms with Crippen LogP contribution in [0.25, 0.3) is 11.1 Å². The van der Waals surface area contributed by atoms with Crippen molar-refractivity contribution in [1.29, 1.82) is 0 Å². The van der Waals surface area contributed by atoms with Crippen LogP contribution in [0, 0.1) is 11.8 Å². The molecule has 4 aromatic carbocycles.